The van der Waals surface area contributed by atoms with Gasteiger partial charge in [0.1, 0.15) is 5.75 Å². The molecule has 0 radical (unpaired) electrons. The number of piperazine rings is 1. The molecule has 0 saturated carbocycles. The van der Waals surface area contributed by atoms with Gasteiger partial charge >= 0.3 is 0 Å². The number of nitrogens with one attached hydrogen (secondary N) is 3. The minimum absolute atomic E-state index is 0.0187. The number of phenolic OH excluding ortho intramolecular Hbond substituents is 1. The van der Waals surface area contributed by atoms with E-state index < -0.39 is 0 Å². The van der Waals surface area contributed by atoms with Crippen LogP contribution in [0.5, 0.6) is 5.75 Å². The Balaban J connectivity index is 1.95. The third-order valence-electron chi connectivity index (χ3n) is 3.36. The lowest BCUT2D eigenvalue weighted by molar-refractivity contribution is -0.124. The molecule has 1 fully saturated rings. The number of benzene rings is 1. The number of H-pyrrole nitrogens is 1. The first-order valence-corrected chi connectivity index (χ1v) is 5.99. The lowest BCUT2D eigenvalue weighted by Crippen LogP contribution is -2.53. The maximum absolute atomic E-state index is 11.4. The van der Waals surface area contributed by atoms with Crippen molar-refractivity contribution in [2.75, 3.05) is 6.54 Å². The largest absolute Gasteiger partial charge is 0.507 e. The Morgan fingerprint density at radius 3 is 2.94 bits per heavy atom. The minimum Gasteiger partial charge on any atom is -0.507 e. The number of carbonyl (C=O) groups excluding carboxylic acids is 1. The third-order valence-corrected chi connectivity index (χ3v) is 3.36. The Morgan fingerprint density at radius 2 is 2.22 bits per heavy atom. The molecular weight excluding hydrogens is 230 g/mol. The van der Waals surface area contributed by atoms with Gasteiger partial charge in [0.2, 0.25) is 5.91 Å². The van der Waals surface area contributed by atoms with Gasteiger partial charge in [-0.3, -0.25) is 10.1 Å². The van der Waals surface area contributed by atoms with Gasteiger partial charge in [-0.15, -0.1) is 0 Å². The molecule has 2 heterocycles. The van der Waals surface area contributed by atoms with Gasteiger partial charge < -0.3 is 15.4 Å². The molecule has 1 aliphatic heterocycles. The normalized spacial score (nSPS) is 24.2. The number of phenols is 1. The van der Waals surface area contributed by atoms with Crippen LogP contribution in [-0.2, 0) is 4.79 Å². The highest BCUT2D eigenvalue weighted by Gasteiger charge is 2.26. The van der Waals surface area contributed by atoms with Crippen LogP contribution in [0.4, 0.5) is 0 Å². The van der Waals surface area contributed by atoms with E-state index in [-0.39, 0.29) is 23.7 Å². The van der Waals surface area contributed by atoms with Crippen molar-refractivity contribution in [2.24, 2.45) is 0 Å². The molecule has 1 aromatic carbocycles. The van der Waals surface area contributed by atoms with E-state index >= 15 is 0 Å². The maximum atomic E-state index is 11.4. The second-order valence-corrected chi connectivity index (χ2v) is 4.65. The number of fused-ring (bicyclic) bond motifs is 1. The first-order chi connectivity index (χ1) is 8.65. The highest BCUT2D eigenvalue weighted by molar-refractivity contribution is 5.87. The second kappa shape index (κ2) is 4.03. The molecule has 3 rings (SSSR count). The molecule has 0 bridgehead atoms. The fraction of sp³-hybridized carbons (Fsp3) is 0.308. The van der Waals surface area contributed by atoms with Gasteiger partial charge in [-0.1, -0.05) is 6.07 Å². The predicted octanol–water partition coefficient (Wildman–Crippen LogP) is 1.02. The fourth-order valence-corrected chi connectivity index (χ4v) is 2.34. The summed E-state index contributed by atoms with van der Waals surface area (Å²) in [6, 6.07) is 7.15. The Morgan fingerprint density at radius 1 is 1.39 bits per heavy atom. The van der Waals surface area contributed by atoms with Crippen molar-refractivity contribution in [3.63, 3.8) is 0 Å². The number of rotatable bonds is 1. The van der Waals surface area contributed by atoms with Crippen LogP contribution in [0.2, 0.25) is 0 Å². The van der Waals surface area contributed by atoms with Crippen LogP contribution in [0, 0.1) is 0 Å². The van der Waals surface area contributed by atoms with E-state index in [4.69, 9.17) is 0 Å². The average molecular weight is 245 g/mol. The predicted molar refractivity (Wildman–Crippen MR) is 68.3 cm³/mol. The van der Waals surface area contributed by atoms with Crippen molar-refractivity contribution in [3.8, 4) is 5.75 Å². The third kappa shape index (κ3) is 1.73. The second-order valence-electron chi connectivity index (χ2n) is 4.65. The number of hydrogen-bond acceptors (Lipinski definition) is 3. The molecule has 1 aromatic heterocycles. The van der Waals surface area contributed by atoms with E-state index in [2.05, 4.69) is 15.6 Å². The first kappa shape index (κ1) is 11.1. The van der Waals surface area contributed by atoms with Crippen LogP contribution in [0.15, 0.2) is 24.3 Å². The zero-order chi connectivity index (χ0) is 12.7. The number of aromatic nitrogens is 1. The summed E-state index contributed by atoms with van der Waals surface area (Å²) in [4.78, 5) is 14.6. The van der Waals surface area contributed by atoms with E-state index in [0.717, 1.165) is 16.6 Å². The molecule has 4 N–H and O–H groups in total. The summed E-state index contributed by atoms with van der Waals surface area (Å²) in [6.45, 7) is 2.39. The van der Waals surface area contributed by atoms with Crippen LogP contribution in [0.3, 0.4) is 0 Å². The number of carbonyl (C=O) groups is 1. The summed E-state index contributed by atoms with van der Waals surface area (Å²) < 4.78 is 0. The van der Waals surface area contributed by atoms with Crippen molar-refractivity contribution < 1.29 is 9.90 Å². The van der Waals surface area contributed by atoms with E-state index in [1.807, 2.05) is 19.1 Å². The van der Waals surface area contributed by atoms with Crippen molar-refractivity contribution in [1.82, 2.24) is 15.6 Å². The van der Waals surface area contributed by atoms with Crippen molar-refractivity contribution in [3.05, 3.63) is 30.0 Å². The van der Waals surface area contributed by atoms with Gasteiger partial charge in [0.25, 0.3) is 0 Å². The van der Waals surface area contributed by atoms with Gasteiger partial charge in [-0.05, 0) is 25.1 Å². The number of hydrogen-bond donors (Lipinski definition) is 4. The summed E-state index contributed by atoms with van der Waals surface area (Å²) in [5.74, 6) is 0.285. The van der Waals surface area contributed by atoms with Crippen molar-refractivity contribution in [2.45, 2.75) is 19.0 Å². The zero-order valence-corrected chi connectivity index (χ0v) is 10.0. The van der Waals surface area contributed by atoms with E-state index in [9.17, 15) is 9.90 Å². The molecule has 0 spiro atoms. The van der Waals surface area contributed by atoms with Gasteiger partial charge in [0.15, 0.2) is 0 Å². The Kier molecular flexibility index (Phi) is 2.48. The summed E-state index contributed by atoms with van der Waals surface area (Å²) in [6.07, 6.45) is 0. The fourth-order valence-electron chi connectivity index (χ4n) is 2.34. The molecule has 2 aromatic rings. The molecule has 1 saturated heterocycles. The zero-order valence-electron chi connectivity index (χ0n) is 10.0. The highest BCUT2D eigenvalue weighted by atomic mass is 16.3. The van der Waals surface area contributed by atoms with Gasteiger partial charge in [-0.25, -0.2) is 0 Å². The van der Waals surface area contributed by atoms with Crippen molar-refractivity contribution in [1.29, 1.82) is 0 Å². The Hall–Kier alpha value is -2.01. The van der Waals surface area contributed by atoms with Crippen LogP contribution < -0.4 is 10.6 Å². The van der Waals surface area contributed by atoms with Crippen LogP contribution in [0.25, 0.3) is 10.9 Å². The minimum atomic E-state index is -0.205. The molecule has 5 heteroatoms. The van der Waals surface area contributed by atoms with Crippen molar-refractivity contribution >= 4 is 16.8 Å². The summed E-state index contributed by atoms with van der Waals surface area (Å²) in [5.41, 5.74) is 1.87. The van der Waals surface area contributed by atoms with Crippen LogP contribution in [-0.4, -0.2) is 28.6 Å². The monoisotopic (exact) mass is 245 g/mol. The molecular formula is C13H15N3O2. The van der Waals surface area contributed by atoms with E-state index in [1.165, 1.54) is 0 Å². The first-order valence-electron chi connectivity index (χ1n) is 5.99. The Bertz CT molecular complexity index is 605. The van der Waals surface area contributed by atoms with Gasteiger partial charge in [0, 0.05) is 23.1 Å². The summed E-state index contributed by atoms with van der Waals surface area (Å²) in [7, 11) is 0. The lowest BCUT2D eigenvalue weighted by atomic mass is 10.1. The number of aromatic amines is 1. The van der Waals surface area contributed by atoms with Crippen LogP contribution in [0.1, 0.15) is 18.7 Å². The Labute approximate surface area is 104 Å². The maximum Gasteiger partial charge on any atom is 0.236 e. The summed E-state index contributed by atoms with van der Waals surface area (Å²) in [5, 5.41) is 16.7. The molecule has 94 valence electrons. The molecule has 2 atom stereocenters. The molecule has 0 aliphatic carbocycles. The smallest absolute Gasteiger partial charge is 0.236 e. The number of amides is 1. The summed E-state index contributed by atoms with van der Waals surface area (Å²) >= 11 is 0. The molecule has 18 heavy (non-hydrogen) atoms. The quantitative estimate of drug-likeness (QED) is 0.606. The number of aromatic hydroxyl groups is 1. The average Bonchev–Trinajstić information content (AvgIpc) is 2.78. The molecule has 1 aliphatic rings. The van der Waals surface area contributed by atoms with E-state index in [1.54, 1.807) is 12.1 Å². The molecule has 5 nitrogen and oxygen atoms in total. The standard InChI is InChI=1S/C13H15N3O2/c1-7-13(18)14-6-11(15-7)10-5-8-9(16-10)3-2-4-12(8)17/h2-5,7,11,15-17H,6H2,1H3,(H,14,18)/t7-,11?/m0/s1. The molecule has 1 unspecified atom stereocenters. The van der Waals surface area contributed by atoms with Gasteiger partial charge in [-0.2, -0.15) is 0 Å². The van der Waals surface area contributed by atoms with Gasteiger partial charge in [0.05, 0.1) is 12.1 Å². The van der Waals surface area contributed by atoms with E-state index in [0.29, 0.717) is 6.54 Å². The highest BCUT2D eigenvalue weighted by Crippen LogP contribution is 2.27. The van der Waals surface area contributed by atoms with Crippen LogP contribution >= 0.6 is 0 Å². The topological polar surface area (TPSA) is 77.2 Å². The SMILES string of the molecule is C[C@@H]1NC(c2cc3c(O)cccc3[nH]2)CNC1=O. The molecule has 1 amide bonds. The lowest BCUT2D eigenvalue weighted by Gasteiger charge is -2.28.